The topological polar surface area (TPSA) is 76.2 Å². The highest BCUT2D eigenvalue weighted by Crippen LogP contribution is 2.45. The molecular weight excluding hydrogens is 294 g/mol. The molecule has 2 atom stereocenters. The van der Waals surface area contributed by atoms with E-state index in [9.17, 15) is 9.90 Å². The van der Waals surface area contributed by atoms with Crippen LogP contribution in [0.4, 0.5) is 0 Å². The quantitative estimate of drug-likeness (QED) is 0.890. The molecule has 4 rings (SSSR count). The van der Waals surface area contributed by atoms with Crippen molar-refractivity contribution in [3.63, 3.8) is 0 Å². The maximum Gasteiger partial charge on any atom is 0.274 e. The van der Waals surface area contributed by atoms with Crippen LogP contribution in [0.1, 0.15) is 41.9 Å². The molecule has 23 heavy (non-hydrogen) atoms. The molecule has 2 aromatic heterocycles. The highest BCUT2D eigenvalue weighted by molar-refractivity contribution is 5.93. The number of aromatic nitrogens is 4. The van der Waals surface area contributed by atoms with Crippen molar-refractivity contribution in [1.82, 2.24) is 24.5 Å². The van der Waals surface area contributed by atoms with Crippen LogP contribution in [0.15, 0.2) is 24.5 Å². The minimum Gasteiger partial charge on any atom is -0.383 e. The summed E-state index contributed by atoms with van der Waals surface area (Å²) in [5.41, 5.74) is 0.410. The van der Waals surface area contributed by atoms with Crippen LogP contribution in [0.25, 0.3) is 0 Å². The molecule has 2 fully saturated rings. The van der Waals surface area contributed by atoms with Gasteiger partial charge in [-0.1, -0.05) is 0 Å². The summed E-state index contributed by atoms with van der Waals surface area (Å²) in [6, 6.07) is 3.74. The first-order valence-corrected chi connectivity index (χ1v) is 8.01. The zero-order valence-corrected chi connectivity index (χ0v) is 13.4. The third kappa shape index (κ3) is 2.18. The maximum atomic E-state index is 12.8. The van der Waals surface area contributed by atoms with Gasteiger partial charge in [0.2, 0.25) is 0 Å². The smallest absolute Gasteiger partial charge is 0.274 e. The summed E-state index contributed by atoms with van der Waals surface area (Å²) in [6.45, 7) is 0. The van der Waals surface area contributed by atoms with E-state index in [0.29, 0.717) is 18.5 Å². The number of aliphatic hydroxyl groups is 1. The van der Waals surface area contributed by atoms with E-state index in [2.05, 4.69) is 10.2 Å². The zero-order valence-electron chi connectivity index (χ0n) is 13.4. The molecule has 4 heterocycles. The molecule has 0 radical (unpaired) electrons. The van der Waals surface area contributed by atoms with Gasteiger partial charge in [0.25, 0.3) is 5.91 Å². The van der Waals surface area contributed by atoms with Crippen LogP contribution in [0, 0.1) is 0 Å². The molecular formula is C16H21N5O2. The molecule has 2 aliphatic rings. The average Bonchev–Trinajstić information content (AvgIpc) is 3.18. The van der Waals surface area contributed by atoms with Crippen LogP contribution in [0.5, 0.6) is 0 Å². The van der Waals surface area contributed by atoms with Gasteiger partial charge in [0.05, 0.1) is 5.69 Å². The monoisotopic (exact) mass is 315 g/mol. The summed E-state index contributed by atoms with van der Waals surface area (Å²) < 4.78 is 3.38. The van der Waals surface area contributed by atoms with Crippen LogP contribution >= 0.6 is 0 Å². The lowest BCUT2D eigenvalue weighted by atomic mass is 9.83. The van der Waals surface area contributed by atoms with E-state index in [-0.39, 0.29) is 18.0 Å². The summed E-state index contributed by atoms with van der Waals surface area (Å²) in [5.74, 6) is -0.0230. The number of carbonyl (C=O) groups excluding carboxylic acids is 1. The number of rotatable bonds is 2. The molecule has 0 spiro atoms. The average molecular weight is 315 g/mol. The van der Waals surface area contributed by atoms with E-state index in [1.807, 2.05) is 25.1 Å². The van der Waals surface area contributed by atoms with Crippen molar-refractivity contribution in [3.8, 4) is 0 Å². The van der Waals surface area contributed by atoms with E-state index in [4.69, 9.17) is 0 Å². The normalized spacial score (nSPS) is 30.0. The maximum absolute atomic E-state index is 12.8. The van der Waals surface area contributed by atoms with Gasteiger partial charge in [0.15, 0.2) is 0 Å². The molecule has 0 saturated carbocycles. The van der Waals surface area contributed by atoms with Crippen molar-refractivity contribution in [1.29, 1.82) is 0 Å². The molecule has 1 N–H and O–H groups in total. The Labute approximate surface area is 134 Å². The second-order valence-electron chi connectivity index (χ2n) is 6.75. The minimum absolute atomic E-state index is 0.0230. The number of hydrogen-bond donors (Lipinski definition) is 1. The van der Waals surface area contributed by atoms with Crippen molar-refractivity contribution >= 4 is 5.91 Å². The third-order valence-electron chi connectivity index (χ3n) is 5.23. The van der Waals surface area contributed by atoms with Crippen molar-refractivity contribution in [3.05, 3.63) is 35.9 Å². The summed E-state index contributed by atoms with van der Waals surface area (Å²) in [4.78, 5) is 14.7. The molecule has 7 heteroatoms. The fraction of sp³-hybridized carbons (Fsp3) is 0.562. The molecule has 2 aliphatic heterocycles. The SMILES string of the molecule is Cn1ccc(C(=O)N2[C@H]3CC[C@H]2CC(O)(c2ccnn2C)C3)n1. The van der Waals surface area contributed by atoms with Gasteiger partial charge in [-0.25, -0.2) is 0 Å². The number of hydrogen-bond acceptors (Lipinski definition) is 4. The molecule has 1 amide bonds. The van der Waals surface area contributed by atoms with Crippen LogP contribution in [-0.2, 0) is 19.7 Å². The number of amides is 1. The Balaban J connectivity index is 1.61. The van der Waals surface area contributed by atoms with E-state index in [1.54, 1.807) is 27.8 Å². The standard InChI is InChI=1S/C16H21N5O2/c1-19-8-6-13(18-19)15(22)21-11-3-4-12(21)10-16(23,9-11)14-5-7-17-20(14)2/h5-8,11-12,23H,3-4,9-10H2,1-2H3/t11-,12-/m0/s1. The number of aryl methyl sites for hydroxylation is 2. The second kappa shape index (κ2) is 4.92. The Morgan fingerprint density at radius 2 is 1.96 bits per heavy atom. The molecule has 122 valence electrons. The Morgan fingerprint density at radius 3 is 2.48 bits per heavy atom. The van der Waals surface area contributed by atoms with Crippen molar-refractivity contribution < 1.29 is 9.90 Å². The number of piperidine rings is 1. The van der Waals surface area contributed by atoms with E-state index < -0.39 is 5.60 Å². The number of fused-ring (bicyclic) bond motifs is 2. The Morgan fingerprint density at radius 1 is 1.26 bits per heavy atom. The third-order valence-corrected chi connectivity index (χ3v) is 5.23. The largest absolute Gasteiger partial charge is 0.383 e. The summed E-state index contributed by atoms with van der Waals surface area (Å²) in [6.07, 6.45) is 6.47. The van der Waals surface area contributed by atoms with Crippen molar-refractivity contribution in [2.24, 2.45) is 14.1 Å². The first-order valence-electron chi connectivity index (χ1n) is 8.01. The van der Waals surface area contributed by atoms with E-state index >= 15 is 0 Å². The van der Waals surface area contributed by atoms with Gasteiger partial charge in [0.1, 0.15) is 11.3 Å². The van der Waals surface area contributed by atoms with Crippen LogP contribution in [0.2, 0.25) is 0 Å². The second-order valence-corrected chi connectivity index (χ2v) is 6.75. The molecule has 0 unspecified atom stereocenters. The Hall–Kier alpha value is -2.15. The number of nitrogens with zero attached hydrogens (tertiary/aromatic N) is 5. The fourth-order valence-electron chi connectivity index (χ4n) is 4.26. The van der Waals surface area contributed by atoms with Crippen LogP contribution in [0.3, 0.4) is 0 Å². The molecule has 2 bridgehead atoms. The molecule has 2 aromatic rings. The number of carbonyl (C=O) groups is 1. The lowest BCUT2D eigenvalue weighted by Gasteiger charge is -2.43. The van der Waals surface area contributed by atoms with Gasteiger partial charge in [-0.3, -0.25) is 14.2 Å². The first-order chi connectivity index (χ1) is 11.0. The van der Waals surface area contributed by atoms with Crippen LogP contribution in [-0.4, -0.2) is 47.6 Å². The summed E-state index contributed by atoms with van der Waals surface area (Å²) in [7, 11) is 3.66. The fourth-order valence-corrected chi connectivity index (χ4v) is 4.26. The first kappa shape index (κ1) is 14.4. The van der Waals surface area contributed by atoms with Gasteiger partial charge >= 0.3 is 0 Å². The van der Waals surface area contributed by atoms with Crippen molar-refractivity contribution in [2.45, 2.75) is 43.4 Å². The van der Waals surface area contributed by atoms with E-state index in [0.717, 1.165) is 18.5 Å². The predicted molar refractivity (Wildman–Crippen MR) is 82.5 cm³/mol. The van der Waals surface area contributed by atoms with Gasteiger partial charge < -0.3 is 10.0 Å². The lowest BCUT2D eigenvalue weighted by Crippen LogP contribution is -2.52. The predicted octanol–water partition coefficient (Wildman–Crippen LogP) is 0.808. The molecule has 7 nitrogen and oxygen atoms in total. The summed E-state index contributed by atoms with van der Waals surface area (Å²) >= 11 is 0. The zero-order chi connectivity index (χ0) is 16.2. The minimum atomic E-state index is -0.905. The Bertz CT molecular complexity index is 735. The highest BCUT2D eigenvalue weighted by Gasteiger charge is 2.51. The Kier molecular flexibility index (Phi) is 3.09. The van der Waals surface area contributed by atoms with Gasteiger partial charge in [-0.2, -0.15) is 10.2 Å². The molecule has 0 aliphatic carbocycles. The van der Waals surface area contributed by atoms with Gasteiger partial charge in [0, 0.05) is 51.4 Å². The molecule has 0 aromatic carbocycles. The van der Waals surface area contributed by atoms with Crippen LogP contribution < -0.4 is 0 Å². The summed E-state index contributed by atoms with van der Waals surface area (Å²) in [5, 5.41) is 19.6. The van der Waals surface area contributed by atoms with Crippen molar-refractivity contribution in [2.75, 3.05) is 0 Å². The molecule has 2 saturated heterocycles. The van der Waals surface area contributed by atoms with E-state index in [1.165, 1.54) is 0 Å². The van der Waals surface area contributed by atoms with Gasteiger partial charge in [-0.15, -0.1) is 0 Å². The van der Waals surface area contributed by atoms with Gasteiger partial charge in [-0.05, 0) is 25.0 Å². The lowest BCUT2D eigenvalue weighted by molar-refractivity contribution is -0.0532. The highest BCUT2D eigenvalue weighted by atomic mass is 16.3.